The number of allylic oxidation sites excluding steroid dienone is 2. The summed E-state index contributed by atoms with van der Waals surface area (Å²) in [6, 6.07) is 0. The summed E-state index contributed by atoms with van der Waals surface area (Å²) >= 11 is 0. The molecule has 0 radical (unpaired) electrons. The van der Waals surface area contributed by atoms with Crippen LogP contribution in [0.15, 0.2) is 11.3 Å². The summed E-state index contributed by atoms with van der Waals surface area (Å²) in [4.78, 5) is 0. The minimum absolute atomic E-state index is 0.243. The van der Waals surface area contributed by atoms with Crippen LogP contribution in [0.5, 0.6) is 0 Å². The van der Waals surface area contributed by atoms with Crippen LogP contribution in [-0.2, 0) is 20.5 Å². The lowest BCUT2D eigenvalue weighted by Gasteiger charge is -2.34. The van der Waals surface area contributed by atoms with Crippen LogP contribution in [0.1, 0.15) is 66.2 Å². The number of rotatable bonds is 4. The lowest BCUT2D eigenvalue weighted by molar-refractivity contribution is -0.171. The van der Waals surface area contributed by atoms with Crippen molar-refractivity contribution in [2.24, 2.45) is 0 Å². The van der Waals surface area contributed by atoms with Crippen molar-refractivity contribution in [1.82, 2.24) is 4.72 Å². The topological polar surface area (TPSA) is 47.6 Å². The van der Waals surface area contributed by atoms with Crippen molar-refractivity contribution in [3.8, 4) is 0 Å². The molecule has 21 heavy (non-hydrogen) atoms. The normalized spacial score (nSPS) is 23.3. The van der Waals surface area contributed by atoms with E-state index in [1.165, 1.54) is 11.3 Å². The number of ether oxygens (including phenoxy) is 2. The minimum Gasteiger partial charge on any atom is -0.348 e. The maximum Gasteiger partial charge on any atom is 0.169 e. The Kier molecular flexibility index (Phi) is 5.49. The summed E-state index contributed by atoms with van der Waals surface area (Å²) in [7, 11) is -1.05. The second kappa shape index (κ2) is 6.80. The van der Waals surface area contributed by atoms with E-state index < -0.39 is 11.0 Å². The molecule has 1 unspecified atom stereocenters. The summed E-state index contributed by atoms with van der Waals surface area (Å²) in [5, 5.41) is 0. The molecule has 0 amide bonds. The molecule has 5 heteroatoms. The van der Waals surface area contributed by atoms with E-state index in [4.69, 9.17) is 9.47 Å². The highest BCUT2D eigenvalue weighted by Crippen LogP contribution is 2.39. The molecule has 122 valence electrons. The molecule has 0 aromatic rings. The molecule has 2 rings (SSSR count). The molecular formula is C16H29NO3S. The van der Waals surface area contributed by atoms with Crippen molar-refractivity contribution in [2.45, 2.75) is 76.8 Å². The Labute approximate surface area is 131 Å². The van der Waals surface area contributed by atoms with E-state index >= 15 is 0 Å². The van der Waals surface area contributed by atoms with Gasteiger partial charge in [0.2, 0.25) is 0 Å². The highest BCUT2D eigenvalue weighted by atomic mass is 32.2. The van der Waals surface area contributed by atoms with Gasteiger partial charge in [-0.3, -0.25) is 0 Å². The predicted octanol–water partition coefficient (Wildman–Crippen LogP) is 3.41. The first-order valence-corrected chi connectivity index (χ1v) is 9.19. The first kappa shape index (κ1) is 17.0. The van der Waals surface area contributed by atoms with Crippen LogP contribution in [0.2, 0.25) is 0 Å². The fraction of sp³-hybridized carbons (Fsp3) is 0.875. The molecule has 1 aliphatic carbocycles. The van der Waals surface area contributed by atoms with Gasteiger partial charge in [0, 0.05) is 18.5 Å². The zero-order valence-electron chi connectivity index (χ0n) is 13.8. The second-order valence-corrected chi connectivity index (χ2v) is 8.89. The van der Waals surface area contributed by atoms with E-state index in [0.29, 0.717) is 13.2 Å². The van der Waals surface area contributed by atoms with Crippen LogP contribution in [0.4, 0.5) is 0 Å². The summed E-state index contributed by atoms with van der Waals surface area (Å²) in [5.41, 5.74) is 2.58. The van der Waals surface area contributed by atoms with Crippen molar-refractivity contribution in [3.63, 3.8) is 0 Å². The Hall–Kier alpha value is -0.390. The minimum atomic E-state index is -1.05. The van der Waals surface area contributed by atoms with Gasteiger partial charge in [0.15, 0.2) is 5.79 Å². The van der Waals surface area contributed by atoms with E-state index in [-0.39, 0.29) is 10.5 Å². The lowest BCUT2D eigenvalue weighted by Crippen LogP contribution is -2.36. The summed E-state index contributed by atoms with van der Waals surface area (Å²) in [6.45, 7) is 9.59. The van der Waals surface area contributed by atoms with Gasteiger partial charge in [-0.2, -0.15) is 0 Å². The van der Waals surface area contributed by atoms with Crippen molar-refractivity contribution in [3.05, 3.63) is 11.3 Å². The molecule has 2 aliphatic rings. The van der Waals surface area contributed by atoms with Gasteiger partial charge in [-0.05, 0) is 45.6 Å². The Morgan fingerprint density at radius 3 is 2.29 bits per heavy atom. The lowest BCUT2D eigenvalue weighted by atomic mass is 9.88. The van der Waals surface area contributed by atoms with Crippen molar-refractivity contribution >= 4 is 11.0 Å². The van der Waals surface area contributed by atoms with Gasteiger partial charge in [-0.25, -0.2) is 4.21 Å². The molecule has 1 heterocycles. The molecule has 1 atom stereocenters. The SMILES string of the molecule is CCCC(NS(=O)C(C)(C)C)=C1CCC2(CC1)OCCO2. The summed E-state index contributed by atoms with van der Waals surface area (Å²) < 4.78 is 27.0. The average molecular weight is 315 g/mol. The summed E-state index contributed by atoms with van der Waals surface area (Å²) in [5.74, 6) is -0.329. The van der Waals surface area contributed by atoms with E-state index in [2.05, 4.69) is 11.6 Å². The van der Waals surface area contributed by atoms with Crippen LogP contribution in [-0.4, -0.2) is 28.0 Å². The van der Waals surface area contributed by atoms with E-state index in [0.717, 1.165) is 38.5 Å². The molecule has 1 N–H and O–H groups in total. The van der Waals surface area contributed by atoms with Crippen LogP contribution in [0.25, 0.3) is 0 Å². The maximum absolute atomic E-state index is 12.4. The highest BCUT2D eigenvalue weighted by Gasteiger charge is 2.39. The number of nitrogens with one attached hydrogen (secondary N) is 1. The Balaban J connectivity index is 2.05. The largest absolute Gasteiger partial charge is 0.348 e. The molecule has 4 nitrogen and oxygen atoms in total. The standard InChI is InChI=1S/C16H29NO3S/c1-5-6-14(17-21(18)15(2,3)4)13-7-9-16(10-8-13)19-11-12-20-16/h17H,5-12H2,1-4H3. The van der Waals surface area contributed by atoms with Crippen LogP contribution in [0.3, 0.4) is 0 Å². The third-order valence-electron chi connectivity index (χ3n) is 4.13. The predicted molar refractivity (Wildman–Crippen MR) is 86.1 cm³/mol. The van der Waals surface area contributed by atoms with Gasteiger partial charge in [-0.15, -0.1) is 0 Å². The average Bonchev–Trinajstić information content (AvgIpc) is 2.86. The fourth-order valence-corrected chi connectivity index (χ4v) is 3.61. The number of hydrogen-bond donors (Lipinski definition) is 1. The molecule has 2 fully saturated rings. The number of hydrogen-bond acceptors (Lipinski definition) is 3. The van der Waals surface area contributed by atoms with E-state index in [1.54, 1.807) is 0 Å². The van der Waals surface area contributed by atoms with Gasteiger partial charge in [0.25, 0.3) is 0 Å². The fourth-order valence-electron chi connectivity index (χ4n) is 2.84. The zero-order valence-corrected chi connectivity index (χ0v) is 14.6. The van der Waals surface area contributed by atoms with Crippen molar-refractivity contribution < 1.29 is 13.7 Å². The van der Waals surface area contributed by atoms with E-state index in [1.807, 2.05) is 20.8 Å². The molecule has 0 bridgehead atoms. The van der Waals surface area contributed by atoms with Crippen LogP contribution in [0, 0.1) is 0 Å². The highest BCUT2D eigenvalue weighted by molar-refractivity contribution is 7.84. The maximum atomic E-state index is 12.4. The van der Waals surface area contributed by atoms with Gasteiger partial charge in [-0.1, -0.05) is 13.3 Å². The van der Waals surface area contributed by atoms with Crippen molar-refractivity contribution in [1.29, 1.82) is 0 Å². The van der Waals surface area contributed by atoms with Gasteiger partial charge in [0.05, 0.1) is 18.0 Å². The zero-order chi connectivity index (χ0) is 15.5. The molecule has 0 aromatic carbocycles. The third kappa shape index (κ3) is 4.30. The second-order valence-electron chi connectivity index (χ2n) is 6.92. The monoisotopic (exact) mass is 315 g/mol. The molecule has 1 saturated heterocycles. The first-order chi connectivity index (χ1) is 9.86. The van der Waals surface area contributed by atoms with Gasteiger partial charge >= 0.3 is 0 Å². The Bertz CT molecular complexity index is 408. The van der Waals surface area contributed by atoms with Gasteiger partial charge in [0.1, 0.15) is 11.0 Å². The van der Waals surface area contributed by atoms with Crippen molar-refractivity contribution in [2.75, 3.05) is 13.2 Å². The van der Waals surface area contributed by atoms with Crippen LogP contribution >= 0.6 is 0 Å². The quantitative estimate of drug-likeness (QED) is 0.865. The van der Waals surface area contributed by atoms with Crippen LogP contribution < -0.4 is 4.72 Å². The smallest absolute Gasteiger partial charge is 0.169 e. The Morgan fingerprint density at radius 2 is 1.81 bits per heavy atom. The molecule has 1 saturated carbocycles. The first-order valence-electron chi connectivity index (χ1n) is 8.04. The summed E-state index contributed by atoms with van der Waals surface area (Å²) in [6.07, 6.45) is 5.81. The molecular weight excluding hydrogens is 286 g/mol. The van der Waals surface area contributed by atoms with E-state index in [9.17, 15) is 4.21 Å². The molecule has 1 spiro atoms. The molecule has 0 aromatic heterocycles. The Morgan fingerprint density at radius 1 is 1.24 bits per heavy atom. The molecule has 1 aliphatic heterocycles. The van der Waals surface area contributed by atoms with Gasteiger partial charge < -0.3 is 14.2 Å². The third-order valence-corrected chi connectivity index (χ3v) is 5.67.